The van der Waals surface area contributed by atoms with Crippen molar-refractivity contribution >= 4 is 12.6 Å². The van der Waals surface area contributed by atoms with E-state index in [1.165, 1.54) is 0 Å². The number of benzene rings is 1. The van der Waals surface area contributed by atoms with Crippen LogP contribution in [0.1, 0.15) is 33.5 Å². The Morgan fingerprint density at radius 3 is 2.09 bits per heavy atom. The molecule has 5 nitrogen and oxygen atoms in total. The Labute approximate surface area is 137 Å². The van der Waals surface area contributed by atoms with Crippen molar-refractivity contribution in [1.29, 1.82) is 0 Å². The van der Waals surface area contributed by atoms with Gasteiger partial charge < -0.3 is 14.0 Å². The summed E-state index contributed by atoms with van der Waals surface area (Å²) in [6.45, 7) is 8.53. The zero-order chi connectivity index (χ0) is 16.5. The fourth-order valence-corrected chi connectivity index (χ4v) is 2.25. The highest BCUT2D eigenvalue weighted by molar-refractivity contribution is 6.62. The first-order valence-electron chi connectivity index (χ1n) is 7.72. The third kappa shape index (κ3) is 3.38. The Hall–Kier alpha value is -1.92. The number of nitrogens with zero attached hydrogens (tertiary/aromatic N) is 2. The molecule has 0 bridgehead atoms. The van der Waals surface area contributed by atoms with Crippen molar-refractivity contribution in [1.82, 2.24) is 9.97 Å². The lowest BCUT2D eigenvalue weighted by Gasteiger charge is -2.32. The van der Waals surface area contributed by atoms with E-state index in [9.17, 15) is 0 Å². The van der Waals surface area contributed by atoms with Crippen LogP contribution in [0.25, 0.3) is 0 Å². The lowest BCUT2D eigenvalue weighted by molar-refractivity contribution is 0.00578. The Morgan fingerprint density at radius 1 is 0.957 bits per heavy atom. The predicted molar refractivity (Wildman–Crippen MR) is 88.5 cm³/mol. The van der Waals surface area contributed by atoms with Crippen LogP contribution in [0.5, 0.6) is 5.75 Å². The third-order valence-corrected chi connectivity index (χ3v) is 4.39. The van der Waals surface area contributed by atoms with E-state index in [1.54, 1.807) is 18.5 Å². The zero-order valence-electron chi connectivity index (χ0n) is 13.9. The first kappa shape index (κ1) is 16.0. The largest absolute Gasteiger partial charge is 0.494 e. The quantitative estimate of drug-likeness (QED) is 0.811. The lowest BCUT2D eigenvalue weighted by Crippen LogP contribution is -2.41. The van der Waals surface area contributed by atoms with E-state index in [0.29, 0.717) is 12.4 Å². The maximum Gasteiger partial charge on any atom is 0.494 e. The van der Waals surface area contributed by atoms with Gasteiger partial charge >= 0.3 is 7.12 Å². The summed E-state index contributed by atoms with van der Waals surface area (Å²) in [4.78, 5) is 8.26. The third-order valence-electron chi connectivity index (χ3n) is 4.39. The van der Waals surface area contributed by atoms with Gasteiger partial charge in [-0.25, -0.2) is 9.97 Å². The second-order valence-corrected chi connectivity index (χ2v) is 6.61. The average Bonchev–Trinajstić information content (AvgIpc) is 2.75. The van der Waals surface area contributed by atoms with E-state index >= 15 is 0 Å². The van der Waals surface area contributed by atoms with Gasteiger partial charge in [0.25, 0.3) is 0 Å². The van der Waals surface area contributed by atoms with Gasteiger partial charge in [-0.2, -0.15) is 0 Å². The molecule has 2 heterocycles. The van der Waals surface area contributed by atoms with Gasteiger partial charge in [0.05, 0.1) is 11.2 Å². The normalized spacial score (nSPS) is 18.9. The molecular formula is C17H21BN2O3. The highest BCUT2D eigenvalue weighted by atomic mass is 16.7. The summed E-state index contributed by atoms with van der Waals surface area (Å²) < 4.78 is 17.8. The molecule has 2 aromatic rings. The van der Waals surface area contributed by atoms with Crippen LogP contribution in [0.4, 0.5) is 0 Å². The summed E-state index contributed by atoms with van der Waals surface area (Å²) in [6.07, 6.45) is 3.40. The standard InChI is InChI=1S/C17H21BN2O3/c1-16(2)17(3,4)23-18(22-16)13-6-8-14(9-7-13)21-12-15-19-10-5-11-20-15/h5-11H,12H2,1-4H3. The van der Waals surface area contributed by atoms with Crippen LogP contribution < -0.4 is 10.2 Å². The van der Waals surface area contributed by atoms with Gasteiger partial charge in [0.15, 0.2) is 5.82 Å². The van der Waals surface area contributed by atoms with E-state index < -0.39 is 0 Å². The minimum Gasteiger partial charge on any atom is -0.486 e. The van der Waals surface area contributed by atoms with Crippen LogP contribution in [0.3, 0.4) is 0 Å². The van der Waals surface area contributed by atoms with Crippen molar-refractivity contribution < 1.29 is 14.0 Å². The number of hydrogen-bond acceptors (Lipinski definition) is 5. The molecule has 3 rings (SSSR count). The Balaban J connectivity index is 1.64. The van der Waals surface area contributed by atoms with Crippen molar-refractivity contribution in [3.05, 3.63) is 48.5 Å². The minimum absolute atomic E-state index is 0.336. The smallest absolute Gasteiger partial charge is 0.486 e. The first-order chi connectivity index (χ1) is 10.9. The lowest BCUT2D eigenvalue weighted by atomic mass is 9.79. The molecule has 0 atom stereocenters. The molecule has 1 fully saturated rings. The van der Waals surface area contributed by atoms with Gasteiger partial charge in [-0.15, -0.1) is 0 Å². The molecule has 0 amide bonds. The maximum absolute atomic E-state index is 6.04. The Kier molecular flexibility index (Phi) is 4.12. The van der Waals surface area contributed by atoms with E-state index in [0.717, 1.165) is 11.2 Å². The molecule has 0 spiro atoms. The molecule has 6 heteroatoms. The molecule has 0 saturated carbocycles. The second kappa shape index (κ2) is 5.94. The van der Waals surface area contributed by atoms with Crippen LogP contribution in [-0.2, 0) is 15.9 Å². The zero-order valence-corrected chi connectivity index (χ0v) is 13.9. The molecule has 0 N–H and O–H groups in total. The van der Waals surface area contributed by atoms with E-state index in [1.807, 2.05) is 52.0 Å². The highest BCUT2D eigenvalue weighted by Gasteiger charge is 2.51. The second-order valence-electron chi connectivity index (χ2n) is 6.61. The molecule has 1 aromatic heterocycles. The van der Waals surface area contributed by atoms with E-state index in [-0.39, 0.29) is 18.3 Å². The highest BCUT2D eigenvalue weighted by Crippen LogP contribution is 2.36. The van der Waals surface area contributed by atoms with Gasteiger partial charge in [-0.05, 0) is 51.4 Å². The minimum atomic E-state index is -0.355. The summed E-state index contributed by atoms with van der Waals surface area (Å²) in [7, 11) is -0.355. The molecular weight excluding hydrogens is 291 g/mol. The van der Waals surface area contributed by atoms with Crippen molar-refractivity contribution in [2.24, 2.45) is 0 Å². The summed E-state index contributed by atoms with van der Waals surface area (Å²) in [5.74, 6) is 1.42. The molecule has 1 saturated heterocycles. The van der Waals surface area contributed by atoms with Crippen LogP contribution in [-0.4, -0.2) is 28.3 Å². The molecule has 0 aliphatic carbocycles. The van der Waals surface area contributed by atoms with Crippen molar-refractivity contribution in [3.63, 3.8) is 0 Å². The van der Waals surface area contributed by atoms with Crippen molar-refractivity contribution in [3.8, 4) is 5.75 Å². The number of ether oxygens (including phenoxy) is 1. The maximum atomic E-state index is 6.04. The van der Waals surface area contributed by atoms with Crippen LogP contribution in [0.2, 0.25) is 0 Å². The summed E-state index contributed by atoms with van der Waals surface area (Å²) in [5, 5.41) is 0. The molecule has 120 valence electrons. The molecule has 1 aliphatic rings. The topological polar surface area (TPSA) is 53.5 Å². The monoisotopic (exact) mass is 312 g/mol. The fourth-order valence-electron chi connectivity index (χ4n) is 2.25. The van der Waals surface area contributed by atoms with Crippen LogP contribution in [0, 0.1) is 0 Å². The fraction of sp³-hybridized carbons (Fsp3) is 0.412. The van der Waals surface area contributed by atoms with Gasteiger partial charge in [0, 0.05) is 12.4 Å². The average molecular weight is 312 g/mol. The van der Waals surface area contributed by atoms with Gasteiger partial charge in [0.1, 0.15) is 12.4 Å². The summed E-state index contributed by atoms with van der Waals surface area (Å²) in [5.41, 5.74) is 0.307. The number of rotatable bonds is 4. The molecule has 1 aliphatic heterocycles. The Bertz CT molecular complexity index is 643. The van der Waals surface area contributed by atoms with E-state index in [4.69, 9.17) is 14.0 Å². The summed E-state index contributed by atoms with van der Waals surface area (Å²) in [6, 6.07) is 9.52. The molecule has 0 radical (unpaired) electrons. The first-order valence-corrected chi connectivity index (χ1v) is 7.72. The predicted octanol–water partition coefficient (Wildman–Crippen LogP) is 2.35. The van der Waals surface area contributed by atoms with Gasteiger partial charge in [-0.1, -0.05) is 12.1 Å². The van der Waals surface area contributed by atoms with Gasteiger partial charge in [-0.3, -0.25) is 0 Å². The van der Waals surface area contributed by atoms with Crippen molar-refractivity contribution in [2.45, 2.75) is 45.5 Å². The van der Waals surface area contributed by atoms with Crippen LogP contribution in [0.15, 0.2) is 42.7 Å². The molecule has 0 unspecified atom stereocenters. The summed E-state index contributed by atoms with van der Waals surface area (Å²) >= 11 is 0. The molecule has 23 heavy (non-hydrogen) atoms. The van der Waals surface area contributed by atoms with Gasteiger partial charge in [0.2, 0.25) is 0 Å². The number of aromatic nitrogens is 2. The van der Waals surface area contributed by atoms with Crippen molar-refractivity contribution in [2.75, 3.05) is 0 Å². The number of hydrogen-bond donors (Lipinski definition) is 0. The molecule has 1 aromatic carbocycles. The van der Waals surface area contributed by atoms with E-state index in [2.05, 4.69) is 9.97 Å². The Morgan fingerprint density at radius 2 is 1.52 bits per heavy atom. The van der Waals surface area contributed by atoms with Crippen LogP contribution >= 0.6 is 0 Å². The SMILES string of the molecule is CC1(C)OB(c2ccc(OCc3ncccn3)cc2)OC1(C)C.